The van der Waals surface area contributed by atoms with E-state index in [1.54, 1.807) is 4.68 Å². The van der Waals surface area contributed by atoms with Crippen LogP contribution in [0.4, 0.5) is 0 Å². The summed E-state index contributed by atoms with van der Waals surface area (Å²) >= 11 is 6.16. The van der Waals surface area contributed by atoms with Crippen LogP contribution in [-0.4, -0.2) is 9.78 Å². The molecular weight excluding hydrogens is 234 g/mol. The predicted molar refractivity (Wildman–Crippen MR) is 67.4 cm³/mol. The molecule has 86 valence electrons. The number of hydrogen-bond donors (Lipinski definition) is 0. The Labute approximate surface area is 105 Å². The molecule has 0 aliphatic rings. The van der Waals surface area contributed by atoms with E-state index < -0.39 is 0 Å². The fourth-order valence-corrected chi connectivity index (χ4v) is 1.94. The van der Waals surface area contributed by atoms with Crippen LogP contribution in [0.3, 0.4) is 0 Å². The van der Waals surface area contributed by atoms with Crippen molar-refractivity contribution in [1.29, 1.82) is 5.26 Å². The van der Waals surface area contributed by atoms with E-state index in [0.29, 0.717) is 17.1 Å². The lowest BCUT2D eigenvalue weighted by atomic mass is 10.2. The third-order valence-corrected chi connectivity index (χ3v) is 2.98. The normalized spacial score (nSPS) is 10.2. The Bertz CT molecular complexity index is 576. The van der Waals surface area contributed by atoms with Crippen LogP contribution in [0, 0.1) is 18.3 Å². The van der Waals surface area contributed by atoms with Crippen molar-refractivity contribution in [2.24, 2.45) is 0 Å². The van der Waals surface area contributed by atoms with Gasteiger partial charge in [0.25, 0.3) is 0 Å². The van der Waals surface area contributed by atoms with E-state index in [9.17, 15) is 0 Å². The number of aromatic nitrogens is 2. The zero-order chi connectivity index (χ0) is 12.4. The molecule has 0 fully saturated rings. The standard InChI is InChI=1S/C13H12ClN3/c1-3-12-11(8-15)13(14)17(16-12)10-6-4-9(2)5-7-10/h4-7H,3H2,1-2H3. The first kappa shape index (κ1) is 11.7. The van der Waals surface area contributed by atoms with Gasteiger partial charge in [0.1, 0.15) is 11.6 Å². The van der Waals surface area contributed by atoms with Crippen LogP contribution < -0.4 is 0 Å². The van der Waals surface area contributed by atoms with Crippen molar-refractivity contribution in [3.63, 3.8) is 0 Å². The molecule has 0 saturated heterocycles. The van der Waals surface area contributed by atoms with Gasteiger partial charge in [0.05, 0.1) is 11.4 Å². The van der Waals surface area contributed by atoms with E-state index in [1.807, 2.05) is 38.1 Å². The van der Waals surface area contributed by atoms with E-state index in [4.69, 9.17) is 16.9 Å². The SMILES string of the molecule is CCc1nn(-c2ccc(C)cc2)c(Cl)c1C#N. The Morgan fingerprint density at radius 3 is 2.47 bits per heavy atom. The number of hydrogen-bond acceptors (Lipinski definition) is 2. The van der Waals surface area contributed by atoms with Crippen LogP contribution in [0.1, 0.15) is 23.7 Å². The zero-order valence-corrected chi connectivity index (χ0v) is 10.5. The first-order chi connectivity index (χ1) is 8.17. The van der Waals surface area contributed by atoms with Crippen LogP contribution in [0.5, 0.6) is 0 Å². The monoisotopic (exact) mass is 245 g/mol. The van der Waals surface area contributed by atoms with Gasteiger partial charge in [0, 0.05) is 0 Å². The molecule has 3 nitrogen and oxygen atoms in total. The van der Waals surface area contributed by atoms with E-state index in [1.165, 1.54) is 5.56 Å². The highest BCUT2D eigenvalue weighted by atomic mass is 35.5. The van der Waals surface area contributed by atoms with Crippen molar-refractivity contribution in [3.05, 3.63) is 46.2 Å². The minimum Gasteiger partial charge on any atom is -0.221 e. The maximum atomic E-state index is 9.05. The highest BCUT2D eigenvalue weighted by Gasteiger charge is 2.15. The molecule has 0 aliphatic carbocycles. The maximum Gasteiger partial charge on any atom is 0.150 e. The Morgan fingerprint density at radius 2 is 2.00 bits per heavy atom. The van der Waals surface area contributed by atoms with Gasteiger partial charge < -0.3 is 0 Å². The van der Waals surface area contributed by atoms with Crippen LogP contribution in [0.2, 0.25) is 5.15 Å². The molecule has 17 heavy (non-hydrogen) atoms. The molecule has 0 bridgehead atoms. The average molecular weight is 246 g/mol. The van der Waals surface area contributed by atoms with E-state index in [0.717, 1.165) is 11.4 Å². The van der Waals surface area contributed by atoms with E-state index in [-0.39, 0.29) is 0 Å². The first-order valence-corrected chi connectivity index (χ1v) is 5.79. The van der Waals surface area contributed by atoms with E-state index >= 15 is 0 Å². The van der Waals surface area contributed by atoms with Crippen molar-refractivity contribution in [1.82, 2.24) is 9.78 Å². The summed E-state index contributed by atoms with van der Waals surface area (Å²) in [4.78, 5) is 0. The first-order valence-electron chi connectivity index (χ1n) is 5.42. The molecule has 0 aliphatic heterocycles. The maximum absolute atomic E-state index is 9.05. The number of nitrogens with zero attached hydrogens (tertiary/aromatic N) is 3. The lowest BCUT2D eigenvalue weighted by molar-refractivity contribution is 0.841. The van der Waals surface area contributed by atoms with Crippen molar-refractivity contribution < 1.29 is 0 Å². The molecule has 0 atom stereocenters. The molecule has 0 spiro atoms. The minimum absolute atomic E-state index is 0.383. The summed E-state index contributed by atoms with van der Waals surface area (Å²) in [6, 6.07) is 9.96. The molecule has 4 heteroatoms. The summed E-state index contributed by atoms with van der Waals surface area (Å²) in [7, 11) is 0. The van der Waals surface area contributed by atoms with Gasteiger partial charge in [-0.25, -0.2) is 4.68 Å². The largest absolute Gasteiger partial charge is 0.221 e. The smallest absolute Gasteiger partial charge is 0.150 e. The molecule has 0 unspecified atom stereocenters. The Kier molecular flexibility index (Phi) is 3.16. The van der Waals surface area contributed by atoms with Gasteiger partial charge in [-0.3, -0.25) is 0 Å². The summed E-state index contributed by atoms with van der Waals surface area (Å²) in [5.41, 5.74) is 3.25. The van der Waals surface area contributed by atoms with Crippen molar-refractivity contribution in [2.75, 3.05) is 0 Å². The molecule has 2 aromatic rings. The number of nitriles is 1. The third-order valence-electron chi connectivity index (χ3n) is 2.63. The molecule has 0 N–H and O–H groups in total. The minimum atomic E-state index is 0.383. The second-order valence-corrected chi connectivity index (χ2v) is 4.18. The Balaban J connectivity index is 2.57. The number of aryl methyl sites for hydroxylation is 2. The van der Waals surface area contributed by atoms with Gasteiger partial charge in [-0.1, -0.05) is 36.2 Å². The topological polar surface area (TPSA) is 41.6 Å². The molecule has 0 amide bonds. The predicted octanol–water partition coefficient (Wildman–Crippen LogP) is 3.27. The second kappa shape index (κ2) is 4.60. The van der Waals surface area contributed by atoms with E-state index in [2.05, 4.69) is 11.2 Å². The van der Waals surface area contributed by atoms with Crippen molar-refractivity contribution in [2.45, 2.75) is 20.3 Å². The molecule has 0 radical (unpaired) electrons. The summed E-state index contributed by atoms with van der Waals surface area (Å²) < 4.78 is 1.61. The lowest BCUT2D eigenvalue weighted by Crippen LogP contribution is -1.97. The van der Waals surface area contributed by atoms with Crippen LogP contribution in [-0.2, 0) is 6.42 Å². The number of halogens is 1. The van der Waals surface area contributed by atoms with Crippen molar-refractivity contribution in [3.8, 4) is 11.8 Å². The lowest BCUT2D eigenvalue weighted by Gasteiger charge is -2.02. The molecular formula is C13H12ClN3. The molecule has 0 saturated carbocycles. The van der Waals surface area contributed by atoms with Crippen LogP contribution >= 0.6 is 11.6 Å². The number of rotatable bonds is 2. The summed E-state index contributed by atoms with van der Waals surface area (Å²) in [6.45, 7) is 3.98. The zero-order valence-electron chi connectivity index (χ0n) is 9.74. The quantitative estimate of drug-likeness (QED) is 0.815. The molecule has 1 aromatic carbocycles. The summed E-state index contributed by atoms with van der Waals surface area (Å²) in [5.74, 6) is 0. The fraction of sp³-hybridized carbons (Fsp3) is 0.231. The van der Waals surface area contributed by atoms with Gasteiger partial charge >= 0.3 is 0 Å². The summed E-state index contributed by atoms with van der Waals surface area (Å²) in [6.07, 6.45) is 0.696. The fourth-order valence-electron chi connectivity index (χ4n) is 1.65. The van der Waals surface area contributed by atoms with Gasteiger partial charge in [-0.05, 0) is 25.5 Å². The Hall–Kier alpha value is -1.79. The van der Waals surface area contributed by atoms with Gasteiger partial charge in [0.15, 0.2) is 5.15 Å². The Morgan fingerprint density at radius 1 is 1.35 bits per heavy atom. The highest BCUT2D eigenvalue weighted by molar-refractivity contribution is 6.31. The number of benzene rings is 1. The third kappa shape index (κ3) is 2.04. The molecule has 1 aromatic heterocycles. The second-order valence-electron chi connectivity index (χ2n) is 3.83. The summed E-state index contributed by atoms with van der Waals surface area (Å²) in [5, 5.41) is 13.8. The van der Waals surface area contributed by atoms with Gasteiger partial charge in [-0.15, -0.1) is 0 Å². The molecule has 2 rings (SSSR count). The highest BCUT2D eigenvalue weighted by Crippen LogP contribution is 2.23. The molecule has 1 heterocycles. The van der Waals surface area contributed by atoms with Crippen molar-refractivity contribution >= 4 is 11.6 Å². The van der Waals surface area contributed by atoms with Gasteiger partial charge in [-0.2, -0.15) is 10.4 Å². The average Bonchev–Trinajstić information content (AvgIpc) is 2.66. The van der Waals surface area contributed by atoms with Gasteiger partial charge in [0.2, 0.25) is 0 Å². The van der Waals surface area contributed by atoms with Crippen LogP contribution in [0.15, 0.2) is 24.3 Å². The van der Waals surface area contributed by atoms with Crippen LogP contribution in [0.25, 0.3) is 5.69 Å².